The first-order chi connectivity index (χ1) is 12.7. The topological polar surface area (TPSA) is 66.6 Å². The molecule has 6 nitrogen and oxygen atoms in total. The summed E-state index contributed by atoms with van der Waals surface area (Å²) in [6.45, 7) is 2.10. The van der Waals surface area contributed by atoms with E-state index in [1.54, 1.807) is 33.5 Å². The SMILES string of the molecule is COc1cc(-c2nnc(SC(C)c3ccccc3)o2)cc(OC)c1OC. The van der Waals surface area contributed by atoms with E-state index in [9.17, 15) is 0 Å². The number of thioether (sulfide) groups is 1. The molecule has 0 saturated carbocycles. The lowest BCUT2D eigenvalue weighted by Gasteiger charge is -2.12. The summed E-state index contributed by atoms with van der Waals surface area (Å²) in [6, 6.07) is 13.7. The van der Waals surface area contributed by atoms with Crippen LogP contribution in [0.5, 0.6) is 17.2 Å². The van der Waals surface area contributed by atoms with E-state index in [1.165, 1.54) is 17.3 Å². The monoisotopic (exact) mass is 372 g/mol. The van der Waals surface area contributed by atoms with Crippen molar-refractivity contribution in [2.75, 3.05) is 21.3 Å². The molecule has 7 heteroatoms. The van der Waals surface area contributed by atoms with Crippen LogP contribution in [-0.2, 0) is 0 Å². The molecule has 0 aliphatic rings. The van der Waals surface area contributed by atoms with E-state index in [0.29, 0.717) is 33.9 Å². The molecule has 26 heavy (non-hydrogen) atoms. The van der Waals surface area contributed by atoms with Crippen molar-refractivity contribution in [2.45, 2.75) is 17.4 Å². The fourth-order valence-electron chi connectivity index (χ4n) is 2.52. The zero-order valence-electron chi connectivity index (χ0n) is 15.1. The highest BCUT2D eigenvalue weighted by Gasteiger charge is 2.18. The Bertz CT molecular complexity index is 842. The number of methoxy groups -OCH3 is 3. The highest BCUT2D eigenvalue weighted by Crippen LogP contribution is 2.42. The van der Waals surface area contributed by atoms with Crippen molar-refractivity contribution in [1.29, 1.82) is 0 Å². The summed E-state index contributed by atoms with van der Waals surface area (Å²) in [4.78, 5) is 0. The zero-order chi connectivity index (χ0) is 18.5. The quantitative estimate of drug-likeness (QED) is 0.561. The lowest BCUT2D eigenvalue weighted by atomic mass is 10.2. The Balaban J connectivity index is 1.85. The van der Waals surface area contributed by atoms with Gasteiger partial charge in [-0.3, -0.25) is 0 Å². The largest absolute Gasteiger partial charge is 0.493 e. The molecule has 1 unspecified atom stereocenters. The van der Waals surface area contributed by atoms with Crippen LogP contribution in [0.1, 0.15) is 17.7 Å². The van der Waals surface area contributed by atoms with Gasteiger partial charge in [-0.2, -0.15) is 0 Å². The van der Waals surface area contributed by atoms with Crippen molar-refractivity contribution in [3.63, 3.8) is 0 Å². The lowest BCUT2D eigenvalue weighted by Crippen LogP contribution is -1.95. The van der Waals surface area contributed by atoms with Crippen LogP contribution in [0.4, 0.5) is 0 Å². The molecule has 3 rings (SSSR count). The molecule has 0 spiro atoms. The maximum absolute atomic E-state index is 5.82. The van der Waals surface area contributed by atoms with Gasteiger partial charge in [-0.1, -0.05) is 42.1 Å². The van der Waals surface area contributed by atoms with E-state index in [4.69, 9.17) is 18.6 Å². The number of rotatable bonds is 7. The summed E-state index contributed by atoms with van der Waals surface area (Å²) in [5.41, 5.74) is 1.90. The predicted molar refractivity (Wildman–Crippen MR) is 100 cm³/mol. The van der Waals surface area contributed by atoms with E-state index in [0.717, 1.165) is 0 Å². The molecule has 0 aliphatic carbocycles. The number of hydrogen-bond acceptors (Lipinski definition) is 7. The second-order valence-corrected chi connectivity index (χ2v) is 6.75. The van der Waals surface area contributed by atoms with Gasteiger partial charge in [-0.05, 0) is 24.6 Å². The van der Waals surface area contributed by atoms with Gasteiger partial charge >= 0.3 is 0 Å². The summed E-state index contributed by atoms with van der Waals surface area (Å²) < 4.78 is 21.9. The Labute approximate surface area is 156 Å². The molecule has 0 saturated heterocycles. The molecule has 0 amide bonds. The van der Waals surface area contributed by atoms with Crippen molar-refractivity contribution in [3.8, 4) is 28.7 Å². The third kappa shape index (κ3) is 3.77. The standard InChI is InChI=1S/C19H20N2O4S/c1-12(13-8-6-5-7-9-13)26-19-21-20-18(25-19)14-10-15(22-2)17(24-4)16(11-14)23-3/h5-12H,1-4H3. The van der Waals surface area contributed by atoms with Crippen molar-refractivity contribution >= 4 is 11.8 Å². The van der Waals surface area contributed by atoms with Gasteiger partial charge in [0.1, 0.15) is 0 Å². The van der Waals surface area contributed by atoms with Crippen molar-refractivity contribution in [3.05, 3.63) is 48.0 Å². The van der Waals surface area contributed by atoms with Gasteiger partial charge in [0.25, 0.3) is 5.22 Å². The normalized spacial score (nSPS) is 11.8. The Morgan fingerprint density at radius 3 is 2.15 bits per heavy atom. The fraction of sp³-hybridized carbons (Fsp3) is 0.263. The van der Waals surface area contributed by atoms with Gasteiger partial charge < -0.3 is 18.6 Å². The van der Waals surface area contributed by atoms with Crippen molar-refractivity contribution in [2.24, 2.45) is 0 Å². The van der Waals surface area contributed by atoms with Crippen LogP contribution in [0.3, 0.4) is 0 Å². The number of hydrogen-bond donors (Lipinski definition) is 0. The summed E-state index contributed by atoms with van der Waals surface area (Å²) in [5, 5.41) is 9.00. The van der Waals surface area contributed by atoms with Gasteiger partial charge in [0.2, 0.25) is 11.6 Å². The Hall–Kier alpha value is -2.67. The molecule has 0 bridgehead atoms. The van der Waals surface area contributed by atoms with E-state index in [2.05, 4.69) is 29.3 Å². The van der Waals surface area contributed by atoms with Crippen LogP contribution >= 0.6 is 11.8 Å². The molecular weight excluding hydrogens is 352 g/mol. The van der Waals surface area contributed by atoms with Crippen molar-refractivity contribution in [1.82, 2.24) is 10.2 Å². The number of nitrogens with zero attached hydrogens (tertiary/aromatic N) is 2. The van der Waals surface area contributed by atoms with Crippen LogP contribution in [-0.4, -0.2) is 31.5 Å². The van der Waals surface area contributed by atoms with E-state index >= 15 is 0 Å². The minimum Gasteiger partial charge on any atom is -0.493 e. The second kappa shape index (κ2) is 8.14. The second-order valence-electron chi connectivity index (χ2n) is 5.46. The molecule has 1 heterocycles. The molecule has 1 atom stereocenters. The minimum atomic E-state index is 0.199. The van der Waals surface area contributed by atoms with Crippen LogP contribution < -0.4 is 14.2 Å². The number of aromatic nitrogens is 2. The first-order valence-electron chi connectivity index (χ1n) is 8.01. The van der Waals surface area contributed by atoms with Gasteiger partial charge in [0.05, 0.1) is 21.3 Å². The number of benzene rings is 2. The number of ether oxygens (including phenoxy) is 3. The summed E-state index contributed by atoms with van der Waals surface area (Å²) in [5.74, 6) is 1.98. The van der Waals surface area contributed by atoms with Crippen LogP contribution in [0.2, 0.25) is 0 Å². The maximum atomic E-state index is 5.82. The maximum Gasteiger partial charge on any atom is 0.277 e. The first kappa shape index (κ1) is 18.1. The Kier molecular flexibility index (Phi) is 5.68. The van der Waals surface area contributed by atoms with E-state index in [-0.39, 0.29) is 5.25 Å². The van der Waals surface area contributed by atoms with Crippen LogP contribution in [0.25, 0.3) is 11.5 Å². The zero-order valence-corrected chi connectivity index (χ0v) is 15.9. The summed E-state index contributed by atoms with van der Waals surface area (Å²) in [7, 11) is 4.70. The smallest absolute Gasteiger partial charge is 0.277 e. The molecule has 0 radical (unpaired) electrons. The van der Waals surface area contributed by atoms with Crippen LogP contribution in [0, 0.1) is 0 Å². The molecular formula is C19H20N2O4S. The van der Waals surface area contributed by atoms with Crippen molar-refractivity contribution < 1.29 is 18.6 Å². The molecule has 0 aliphatic heterocycles. The minimum absolute atomic E-state index is 0.199. The molecule has 0 N–H and O–H groups in total. The first-order valence-corrected chi connectivity index (χ1v) is 8.89. The highest BCUT2D eigenvalue weighted by atomic mass is 32.2. The van der Waals surface area contributed by atoms with Gasteiger partial charge in [0.15, 0.2) is 11.5 Å². The molecule has 136 valence electrons. The Morgan fingerprint density at radius 1 is 0.923 bits per heavy atom. The van der Waals surface area contributed by atoms with Gasteiger partial charge in [-0.25, -0.2) is 0 Å². The average Bonchev–Trinajstić information content (AvgIpc) is 3.15. The third-order valence-corrected chi connectivity index (χ3v) is 4.86. The lowest BCUT2D eigenvalue weighted by molar-refractivity contribution is 0.324. The molecule has 2 aromatic carbocycles. The summed E-state index contributed by atoms with van der Waals surface area (Å²) >= 11 is 1.51. The molecule has 1 aromatic heterocycles. The van der Waals surface area contributed by atoms with Gasteiger partial charge in [-0.15, -0.1) is 10.2 Å². The van der Waals surface area contributed by atoms with Crippen LogP contribution in [0.15, 0.2) is 52.1 Å². The Morgan fingerprint density at radius 2 is 1.58 bits per heavy atom. The molecule has 3 aromatic rings. The average molecular weight is 372 g/mol. The predicted octanol–water partition coefficient (Wildman–Crippen LogP) is 4.62. The van der Waals surface area contributed by atoms with Gasteiger partial charge in [0, 0.05) is 10.8 Å². The fourth-order valence-corrected chi connectivity index (χ4v) is 3.33. The molecule has 0 fully saturated rings. The summed E-state index contributed by atoms with van der Waals surface area (Å²) in [6.07, 6.45) is 0. The van der Waals surface area contributed by atoms with E-state index < -0.39 is 0 Å². The highest BCUT2D eigenvalue weighted by molar-refractivity contribution is 7.99. The van der Waals surface area contributed by atoms with E-state index in [1.807, 2.05) is 18.2 Å². The third-order valence-electron chi connectivity index (χ3n) is 3.86.